The van der Waals surface area contributed by atoms with Gasteiger partial charge in [-0.15, -0.1) is 0 Å². The van der Waals surface area contributed by atoms with Crippen LogP contribution in [0.3, 0.4) is 0 Å². The van der Waals surface area contributed by atoms with Crippen molar-refractivity contribution in [1.29, 1.82) is 0 Å². The lowest BCUT2D eigenvalue weighted by Crippen LogP contribution is -2.25. The lowest BCUT2D eigenvalue weighted by Gasteiger charge is -2.19. The minimum atomic E-state index is 0.617. The van der Waals surface area contributed by atoms with E-state index in [9.17, 15) is 0 Å². The van der Waals surface area contributed by atoms with Crippen LogP contribution in [0, 0.1) is 12.8 Å². The maximum Gasteiger partial charge on any atom is 0.0587 e. The summed E-state index contributed by atoms with van der Waals surface area (Å²) in [6, 6.07) is 9.01. The summed E-state index contributed by atoms with van der Waals surface area (Å²) in [7, 11) is 1.75. The van der Waals surface area contributed by atoms with E-state index in [1.165, 1.54) is 30.4 Å². The predicted molar refractivity (Wildman–Crippen MR) is 87.4 cm³/mol. The van der Waals surface area contributed by atoms with Gasteiger partial charge < -0.3 is 10.1 Å². The Morgan fingerprint density at radius 2 is 1.80 bits per heavy atom. The Bertz CT molecular complexity index is 345. The summed E-state index contributed by atoms with van der Waals surface area (Å²) in [6.07, 6.45) is 3.89. The van der Waals surface area contributed by atoms with Crippen LogP contribution in [-0.2, 0) is 4.74 Å². The van der Waals surface area contributed by atoms with E-state index in [4.69, 9.17) is 4.74 Å². The van der Waals surface area contributed by atoms with Gasteiger partial charge in [0.25, 0.3) is 0 Å². The Morgan fingerprint density at radius 3 is 2.40 bits per heavy atom. The smallest absolute Gasteiger partial charge is 0.0587 e. The zero-order valence-electron chi connectivity index (χ0n) is 13.6. The first kappa shape index (κ1) is 17.2. The second-order valence-electron chi connectivity index (χ2n) is 6.13. The van der Waals surface area contributed by atoms with E-state index in [-0.39, 0.29) is 0 Å². The summed E-state index contributed by atoms with van der Waals surface area (Å²) in [5.74, 6) is 1.42. The van der Waals surface area contributed by atoms with Crippen LogP contribution in [0.5, 0.6) is 0 Å². The molecule has 0 spiro atoms. The largest absolute Gasteiger partial charge is 0.383 e. The van der Waals surface area contributed by atoms with Crippen molar-refractivity contribution in [3.8, 4) is 0 Å². The molecular formula is C18H31NO. The van der Waals surface area contributed by atoms with Crippen molar-refractivity contribution < 1.29 is 4.74 Å². The molecule has 0 aliphatic rings. The summed E-state index contributed by atoms with van der Waals surface area (Å²) >= 11 is 0. The molecule has 0 aromatic heterocycles. The fraction of sp³-hybridized carbons (Fsp3) is 0.667. The molecule has 1 unspecified atom stereocenters. The molecule has 0 saturated carbocycles. The standard InChI is InChI=1S/C18H31NO/c1-15(2)6-5-7-18(14-19-12-13-20-4)17-10-8-16(3)9-11-17/h8-11,15,18-19H,5-7,12-14H2,1-4H3. The second kappa shape index (κ2) is 9.95. The molecule has 1 aromatic rings. The van der Waals surface area contributed by atoms with E-state index in [2.05, 4.69) is 50.4 Å². The molecule has 1 atom stereocenters. The van der Waals surface area contributed by atoms with E-state index >= 15 is 0 Å². The summed E-state index contributed by atoms with van der Waals surface area (Å²) in [4.78, 5) is 0. The number of rotatable bonds is 10. The van der Waals surface area contributed by atoms with Gasteiger partial charge in [-0.1, -0.05) is 56.5 Å². The molecule has 2 nitrogen and oxygen atoms in total. The van der Waals surface area contributed by atoms with Gasteiger partial charge in [-0.3, -0.25) is 0 Å². The van der Waals surface area contributed by atoms with Crippen LogP contribution < -0.4 is 5.32 Å². The monoisotopic (exact) mass is 277 g/mol. The highest BCUT2D eigenvalue weighted by atomic mass is 16.5. The molecule has 0 aliphatic carbocycles. The SMILES string of the molecule is COCCNCC(CCCC(C)C)c1ccc(C)cc1. The average molecular weight is 277 g/mol. The Labute approximate surface area is 124 Å². The molecule has 0 bridgehead atoms. The fourth-order valence-electron chi connectivity index (χ4n) is 2.45. The van der Waals surface area contributed by atoms with Gasteiger partial charge in [0.1, 0.15) is 0 Å². The second-order valence-corrected chi connectivity index (χ2v) is 6.13. The van der Waals surface area contributed by atoms with Crippen LogP contribution in [0.1, 0.15) is 50.2 Å². The number of benzene rings is 1. The molecular weight excluding hydrogens is 246 g/mol. The Kier molecular flexibility index (Phi) is 8.56. The molecule has 114 valence electrons. The number of nitrogens with one attached hydrogen (secondary N) is 1. The Morgan fingerprint density at radius 1 is 1.10 bits per heavy atom. The number of aryl methyl sites for hydroxylation is 1. The number of methoxy groups -OCH3 is 1. The molecule has 0 radical (unpaired) electrons. The van der Waals surface area contributed by atoms with Crippen molar-refractivity contribution in [2.45, 2.75) is 46.0 Å². The molecule has 1 rings (SSSR count). The number of ether oxygens (including phenoxy) is 1. The van der Waals surface area contributed by atoms with Crippen LogP contribution in [0.4, 0.5) is 0 Å². The molecule has 20 heavy (non-hydrogen) atoms. The Balaban J connectivity index is 2.51. The maximum absolute atomic E-state index is 5.10. The molecule has 0 heterocycles. The molecule has 0 fully saturated rings. The lowest BCUT2D eigenvalue weighted by molar-refractivity contribution is 0.198. The molecule has 0 saturated heterocycles. The molecule has 1 aromatic carbocycles. The van der Waals surface area contributed by atoms with Gasteiger partial charge in [-0.05, 0) is 30.7 Å². The zero-order valence-corrected chi connectivity index (χ0v) is 13.6. The molecule has 0 aliphatic heterocycles. The van der Waals surface area contributed by atoms with Gasteiger partial charge in [0.05, 0.1) is 6.61 Å². The summed E-state index contributed by atoms with van der Waals surface area (Å²) in [5.41, 5.74) is 2.80. The Hall–Kier alpha value is -0.860. The van der Waals surface area contributed by atoms with E-state index in [1.807, 2.05) is 0 Å². The molecule has 1 N–H and O–H groups in total. The normalized spacial score (nSPS) is 12.8. The van der Waals surface area contributed by atoms with Crippen molar-refractivity contribution in [3.05, 3.63) is 35.4 Å². The van der Waals surface area contributed by atoms with Crippen molar-refractivity contribution in [1.82, 2.24) is 5.32 Å². The van der Waals surface area contributed by atoms with Gasteiger partial charge in [0.15, 0.2) is 0 Å². The quantitative estimate of drug-likeness (QED) is 0.649. The van der Waals surface area contributed by atoms with Crippen LogP contribution >= 0.6 is 0 Å². The van der Waals surface area contributed by atoms with Crippen molar-refractivity contribution in [3.63, 3.8) is 0 Å². The first-order chi connectivity index (χ1) is 9.63. The van der Waals surface area contributed by atoms with E-state index in [0.717, 1.165) is 25.6 Å². The average Bonchev–Trinajstić information content (AvgIpc) is 2.42. The van der Waals surface area contributed by atoms with E-state index in [0.29, 0.717) is 5.92 Å². The number of hydrogen-bond donors (Lipinski definition) is 1. The van der Waals surface area contributed by atoms with Gasteiger partial charge in [-0.2, -0.15) is 0 Å². The van der Waals surface area contributed by atoms with Crippen molar-refractivity contribution in [2.24, 2.45) is 5.92 Å². The van der Waals surface area contributed by atoms with Crippen LogP contribution in [-0.4, -0.2) is 26.8 Å². The van der Waals surface area contributed by atoms with E-state index < -0.39 is 0 Å². The first-order valence-corrected chi connectivity index (χ1v) is 7.89. The summed E-state index contributed by atoms with van der Waals surface area (Å²) < 4.78 is 5.10. The third-order valence-electron chi connectivity index (χ3n) is 3.76. The summed E-state index contributed by atoms with van der Waals surface area (Å²) in [5, 5.41) is 3.51. The summed E-state index contributed by atoms with van der Waals surface area (Å²) in [6.45, 7) is 9.52. The molecule has 0 amide bonds. The minimum absolute atomic E-state index is 0.617. The highest BCUT2D eigenvalue weighted by Gasteiger charge is 2.11. The predicted octanol–water partition coefficient (Wildman–Crippen LogP) is 4.14. The fourth-order valence-corrected chi connectivity index (χ4v) is 2.45. The van der Waals surface area contributed by atoms with Crippen LogP contribution in [0.15, 0.2) is 24.3 Å². The van der Waals surface area contributed by atoms with Gasteiger partial charge in [0, 0.05) is 20.2 Å². The van der Waals surface area contributed by atoms with Crippen molar-refractivity contribution in [2.75, 3.05) is 26.8 Å². The number of hydrogen-bond acceptors (Lipinski definition) is 2. The maximum atomic E-state index is 5.10. The third-order valence-corrected chi connectivity index (χ3v) is 3.76. The lowest BCUT2D eigenvalue weighted by atomic mass is 9.91. The first-order valence-electron chi connectivity index (χ1n) is 7.89. The van der Waals surface area contributed by atoms with Gasteiger partial charge in [0.2, 0.25) is 0 Å². The third kappa shape index (κ3) is 7.06. The minimum Gasteiger partial charge on any atom is -0.383 e. The van der Waals surface area contributed by atoms with E-state index in [1.54, 1.807) is 7.11 Å². The molecule has 2 heteroatoms. The zero-order chi connectivity index (χ0) is 14.8. The topological polar surface area (TPSA) is 21.3 Å². The van der Waals surface area contributed by atoms with Crippen LogP contribution in [0.2, 0.25) is 0 Å². The highest BCUT2D eigenvalue weighted by molar-refractivity contribution is 5.24. The van der Waals surface area contributed by atoms with Gasteiger partial charge >= 0.3 is 0 Å². The van der Waals surface area contributed by atoms with Gasteiger partial charge in [-0.25, -0.2) is 0 Å². The van der Waals surface area contributed by atoms with Crippen LogP contribution in [0.25, 0.3) is 0 Å². The highest BCUT2D eigenvalue weighted by Crippen LogP contribution is 2.23. The van der Waals surface area contributed by atoms with Crippen molar-refractivity contribution >= 4 is 0 Å².